The summed E-state index contributed by atoms with van der Waals surface area (Å²) < 4.78 is 0. The van der Waals surface area contributed by atoms with Crippen LogP contribution in [0.1, 0.15) is 57.4 Å². The molecule has 1 aliphatic carbocycles. The van der Waals surface area contributed by atoms with E-state index in [1.54, 1.807) is 12.1 Å². The third-order valence-electron chi connectivity index (χ3n) is 6.66. The molecule has 0 aromatic heterocycles. The van der Waals surface area contributed by atoms with Gasteiger partial charge in [-0.25, -0.2) is 4.79 Å². The van der Waals surface area contributed by atoms with Gasteiger partial charge < -0.3 is 5.11 Å². The maximum absolute atomic E-state index is 11.5. The first-order chi connectivity index (χ1) is 15.0. The summed E-state index contributed by atoms with van der Waals surface area (Å²) >= 11 is 6.35. The Morgan fingerprint density at radius 2 is 2.03 bits per heavy atom. The lowest BCUT2D eigenvalue weighted by atomic mass is 9.80. The zero-order valence-corrected chi connectivity index (χ0v) is 18.4. The van der Waals surface area contributed by atoms with Crippen LogP contribution in [0.25, 0.3) is 0 Å². The van der Waals surface area contributed by atoms with Crippen molar-refractivity contribution in [3.63, 3.8) is 0 Å². The molecule has 1 aromatic carbocycles. The van der Waals surface area contributed by atoms with Crippen LogP contribution in [-0.4, -0.2) is 34.6 Å². The van der Waals surface area contributed by atoms with Crippen molar-refractivity contribution in [2.45, 2.75) is 64.0 Å². The van der Waals surface area contributed by atoms with Gasteiger partial charge in [-0.2, -0.15) is 10.4 Å². The van der Waals surface area contributed by atoms with Crippen LogP contribution in [0.3, 0.4) is 0 Å². The van der Waals surface area contributed by atoms with E-state index in [1.165, 1.54) is 25.7 Å². The number of halogens is 1. The van der Waals surface area contributed by atoms with E-state index in [4.69, 9.17) is 16.7 Å². The molecule has 162 valence electrons. The molecule has 1 fully saturated rings. The van der Waals surface area contributed by atoms with Crippen LogP contribution in [0.2, 0.25) is 5.02 Å². The van der Waals surface area contributed by atoms with Gasteiger partial charge in [-0.15, -0.1) is 0 Å². The third kappa shape index (κ3) is 4.52. The standard InChI is InChI=1S/C24H27ClN4O2/c1-15-9-12-19-21(7-4-8-22(27-15)24(30)31)28-29(23(19)16-5-2-3-6-16)18-11-10-17(14-26)20(25)13-18/h4,8,10-11,13,15-16,19,23H,2-3,5-7,9,12H2,1H3,(H,30,31)/t15-,19?,23?/m1/s1. The van der Waals surface area contributed by atoms with E-state index in [1.807, 2.05) is 25.1 Å². The molecule has 2 aliphatic heterocycles. The quantitative estimate of drug-likeness (QED) is 0.700. The Hall–Kier alpha value is -2.65. The number of carboxylic acids is 1. The van der Waals surface area contributed by atoms with Crippen molar-refractivity contribution in [2.24, 2.45) is 21.9 Å². The highest BCUT2D eigenvalue weighted by Gasteiger charge is 2.43. The maximum Gasteiger partial charge on any atom is 0.354 e. The van der Waals surface area contributed by atoms with Crippen LogP contribution >= 0.6 is 11.6 Å². The Kier molecular flexibility index (Phi) is 6.43. The number of carboxylic acid groups (broad SMARTS) is 1. The molecular formula is C24H27ClN4O2. The molecule has 3 aliphatic rings. The van der Waals surface area contributed by atoms with E-state index in [0.29, 0.717) is 28.8 Å². The Balaban J connectivity index is 1.71. The Morgan fingerprint density at radius 1 is 1.26 bits per heavy atom. The number of hydrogen-bond acceptors (Lipinski definition) is 5. The van der Waals surface area contributed by atoms with Gasteiger partial charge in [0.1, 0.15) is 11.8 Å². The summed E-state index contributed by atoms with van der Waals surface area (Å²) in [6.45, 7) is 1.98. The number of fused-ring (bicyclic) bond motifs is 1. The van der Waals surface area contributed by atoms with Gasteiger partial charge in [0.2, 0.25) is 0 Å². The maximum atomic E-state index is 11.5. The zero-order chi connectivity index (χ0) is 22.0. The average molecular weight is 439 g/mol. The second kappa shape index (κ2) is 9.23. The first-order valence-electron chi connectivity index (χ1n) is 11.0. The number of aliphatic imine (C=N–C) groups is 1. The van der Waals surface area contributed by atoms with E-state index < -0.39 is 5.97 Å². The number of rotatable bonds is 3. The number of anilines is 1. The molecule has 0 bridgehead atoms. The van der Waals surface area contributed by atoms with Crippen LogP contribution in [0.5, 0.6) is 0 Å². The fourth-order valence-corrected chi connectivity index (χ4v) is 5.37. The fourth-order valence-electron chi connectivity index (χ4n) is 5.15. The lowest BCUT2D eigenvalue weighted by Gasteiger charge is -2.33. The molecular weight excluding hydrogens is 412 g/mol. The molecule has 2 heterocycles. The van der Waals surface area contributed by atoms with Crippen molar-refractivity contribution >= 4 is 34.7 Å². The van der Waals surface area contributed by atoms with Crippen molar-refractivity contribution in [1.82, 2.24) is 0 Å². The molecule has 31 heavy (non-hydrogen) atoms. The van der Waals surface area contributed by atoms with Crippen LogP contribution in [0.15, 0.2) is 40.4 Å². The summed E-state index contributed by atoms with van der Waals surface area (Å²) in [5, 5.41) is 26.3. The number of hydrogen-bond donors (Lipinski definition) is 1. The molecule has 1 aromatic rings. The number of allylic oxidation sites excluding steroid dienone is 1. The van der Waals surface area contributed by atoms with E-state index in [-0.39, 0.29) is 17.8 Å². The summed E-state index contributed by atoms with van der Waals surface area (Å²) in [7, 11) is 0. The molecule has 2 unspecified atom stereocenters. The van der Waals surface area contributed by atoms with E-state index >= 15 is 0 Å². The van der Waals surface area contributed by atoms with Crippen molar-refractivity contribution in [2.75, 3.05) is 5.01 Å². The first-order valence-corrected chi connectivity index (χ1v) is 11.4. The predicted molar refractivity (Wildman–Crippen MR) is 123 cm³/mol. The van der Waals surface area contributed by atoms with Gasteiger partial charge in [-0.3, -0.25) is 10.0 Å². The largest absolute Gasteiger partial charge is 0.477 e. The van der Waals surface area contributed by atoms with Crippen molar-refractivity contribution in [3.8, 4) is 6.07 Å². The van der Waals surface area contributed by atoms with E-state index in [2.05, 4.69) is 16.1 Å². The second-order valence-corrected chi connectivity index (χ2v) is 9.11. The molecule has 0 radical (unpaired) electrons. The topological polar surface area (TPSA) is 89.0 Å². The second-order valence-electron chi connectivity index (χ2n) is 8.71. The highest BCUT2D eigenvalue weighted by Crippen LogP contribution is 2.43. The molecule has 1 N–H and O–H groups in total. The number of benzene rings is 1. The summed E-state index contributed by atoms with van der Waals surface area (Å²) in [4.78, 5) is 15.9. The molecule has 0 spiro atoms. The third-order valence-corrected chi connectivity index (χ3v) is 6.97. The molecule has 7 heteroatoms. The van der Waals surface area contributed by atoms with Gasteiger partial charge in [-0.1, -0.05) is 30.5 Å². The molecule has 1 saturated carbocycles. The Morgan fingerprint density at radius 3 is 2.71 bits per heavy atom. The van der Waals surface area contributed by atoms with Crippen LogP contribution in [0.4, 0.5) is 5.69 Å². The molecule has 0 amide bonds. The Bertz CT molecular complexity index is 988. The van der Waals surface area contributed by atoms with Crippen LogP contribution in [-0.2, 0) is 4.79 Å². The van der Waals surface area contributed by atoms with Crippen LogP contribution < -0.4 is 5.01 Å². The smallest absolute Gasteiger partial charge is 0.354 e. The van der Waals surface area contributed by atoms with E-state index in [9.17, 15) is 15.2 Å². The fraction of sp³-hybridized carbons (Fsp3) is 0.500. The van der Waals surface area contributed by atoms with Gasteiger partial charge >= 0.3 is 5.97 Å². The van der Waals surface area contributed by atoms with E-state index in [0.717, 1.165) is 24.2 Å². The minimum atomic E-state index is -0.994. The van der Waals surface area contributed by atoms with Gasteiger partial charge in [-0.05, 0) is 62.8 Å². The SMILES string of the molecule is C[C@@H]1CCC2C(=NN(c3ccc(C#N)c(Cl)c3)C2C2CCCC2)CC=CC(C(=O)O)=N1. The summed E-state index contributed by atoms with van der Waals surface area (Å²) in [6.07, 6.45) is 10.7. The number of nitriles is 1. The Labute approximate surface area is 187 Å². The lowest BCUT2D eigenvalue weighted by molar-refractivity contribution is -0.129. The van der Waals surface area contributed by atoms with Crippen molar-refractivity contribution in [3.05, 3.63) is 40.9 Å². The summed E-state index contributed by atoms with van der Waals surface area (Å²) in [6, 6.07) is 7.85. The monoisotopic (exact) mass is 438 g/mol. The number of hydrazone groups is 1. The van der Waals surface area contributed by atoms with Crippen molar-refractivity contribution in [1.29, 1.82) is 5.26 Å². The summed E-state index contributed by atoms with van der Waals surface area (Å²) in [5.41, 5.74) is 2.57. The number of nitrogens with zero attached hydrogens (tertiary/aromatic N) is 4. The summed E-state index contributed by atoms with van der Waals surface area (Å²) in [5.74, 6) is -0.140. The van der Waals surface area contributed by atoms with Crippen LogP contribution in [0, 0.1) is 23.2 Å². The molecule has 0 saturated heterocycles. The zero-order valence-electron chi connectivity index (χ0n) is 17.7. The van der Waals surface area contributed by atoms with Gasteiger partial charge in [0.25, 0.3) is 0 Å². The van der Waals surface area contributed by atoms with Gasteiger partial charge in [0.15, 0.2) is 0 Å². The first kappa shape index (κ1) is 21.6. The normalized spacial score (nSPS) is 26.7. The lowest BCUT2D eigenvalue weighted by Crippen LogP contribution is -2.39. The number of aliphatic carboxylic acids is 1. The predicted octanol–water partition coefficient (Wildman–Crippen LogP) is 5.22. The average Bonchev–Trinajstić information content (AvgIpc) is 3.39. The van der Waals surface area contributed by atoms with Gasteiger partial charge in [0.05, 0.1) is 22.3 Å². The number of carbonyl (C=O) groups is 1. The highest BCUT2D eigenvalue weighted by atomic mass is 35.5. The molecule has 6 nitrogen and oxygen atoms in total. The minimum Gasteiger partial charge on any atom is -0.477 e. The minimum absolute atomic E-state index is 0.0577. The molecule has 3 atom stereocenters. The van der Waals surface area contributed by atoms with Gasteiger partial charge in [0, 0.05) is 24.1 Å². The molecule has 4 rings (SSSR count). The highest BCUT2D eigenvalue weighted by molar-refractivity contribution is 6.40. The van der Waals surface area contributed by atoms with Crippen molar-refractivity contribution < 1.29 is 9.90 Å².